The average molecular weight is 378 g/mol. The van der Waals surface area contributed by atoms with Gasteiger partial charge in [0.25, 0.3) is 0 Å². The lowest BCUT2D eigenvalue weighted by Crippen LogP contribution is -2.38. The van der Waals surface area contributed by atoms with Gasteiger partial charge in [-0.15, -0.1) is 0 Å². The molecule has 2 aromatic rings. The molecule has 0 saturated carbocycles. The molecule has 0 aliphatic heterocycles. The van der Waals surface area contributed by atoms with Crippen LogP contribution in [0.15, 0.2) is 29.5 Å². The summed E-state index contributed by atoms with van der Waals surface area (Å²) in [6.07, 6.45) is 1.80. The molecule has 0 spiro atoms. The van der Waals surface area contributed by atoms with Crippen molar-refractivity contribution in [1.82, 2.24) is 25.4 Å². The van der Waals surface area contributed by atoms with Crippen molar-refractivity contribution in [3.05, 3.63) is 40.9 Å². The third-order valence-electron chi connectivity index (χ3n) is 3.71. The van der Waals surface area contributed by atoms with E-state index in [9.17, 15) is 4.79 Å². The van der Waals surface area contributed by atoms with Gasteiger partial charge in [0, 0.05) is 37.3 Å². The molecule has 3 N–H and O–H groups in total. The van der Waals surface area contributed by atoms with Gasteiger partial charge in [-0.05, 0) is 31.5 Å². The van der Waals surface area contributed by atoms with Crippen molar-refractivity contribution >= 4 is 29.2 Å². The minimum Gasteiger partial charge on any atom is -0.357 e. The molecule has 1 aromatic carbocycles. The van der Waals surface area contributed by atoms with E-state index >= 15 is 0 Å². The fourth-order valence-electron chi connectivity index (χ4n) is 2.20. The Balaban J connectivity index is 1.84. The molecule has 9 heteroatoms. The summed E-state index contributed by atoms with van der Waals surface area (Å²) in [5, 5.41) is 13.8. The molecule has 1 heterocycles. The number of carbonyl (C=O) groups excluding carboxylic acids is 1. The Labute approximate surface area is 158 Å². The predicted octanol–water partition coefficient (Wildman–Crippen LogP) is 1.86. The monoisotopic (exact) mass is 377 g/mol. The topological polar surface area (TPSA) is 96.2 Å². The van der Waals surface area contributed by atoms with E-state index in [1.807, 2.05) is 33.0 Å². The van der Waals surface area contributed by atoms with E-state index in [0.29, 0.717) is 30.5 Å². The van der Waals surface area contributed by atoms with Crippen molar-refractivity contribution < 1.29 is 4.79 Å². The molecular formula is C17H24ClN7O. The summed E-state index contributed by atoms with van der Waals surface area (Å²) in [6.45, 7) is 5.43. The number of amides is 1. The maximum atomic E-state index is 12.1. The average Bonchev–Trinajstić information content (AvgIpc) is 3.02. The highest BCUT2D eigenvalue weighted by molar-refractivity contribution is 6.31. The highest BCUT2D eigenvalue weighted by Crippen LogP contribution is 2.22. The first-order valence-corrected chi connectivity index (χ1v) is 8.79. The van der Waals surface area contributed by atoms with Crippen LogP contribution in [-0.2, 0) is 18.4 Å². The molecule has 26 heavy (non-hydrogen) atoms. The third kappa shape index (κ3) is 5.73. The molecule has 0 aliphatic rings. The summed E-state index contributed by atoms with van der Waals surface area (Å²) in [4.78, 5) is 20.7. The van der Waals surface area contributed by atoms with Crippen molar-refractivity contribution in [2.24, 2.45) is 12.0 Å². The Morgan fingerprint density at radius 1 is 1.35 bits per heavy atom. The number of nitrogens with one attached hydrogen (secondary N) is 3. The standard InChI is InChI=1S/C17H24ClN7O/c1-4-19-17(21-10-15-22-11-23-25(15)3)20-9-8-16(26)24-14-7-5-6-13(18)12(14)2/h5-7,11H,4,8-10H2,1-3H3,(H,24,26)(H2,19,20,21). The number of hydrogen-bond acceptors (Lipinski definition) is 4. The van der Waals surface area contributed by atoms with Gasteiger partial charge in [-0.1, -0.05) is 17.7 Å². The van der Waals surface area contributed by atoms with Crippen LogP contribution in [0.1, 0.15) is 24.7 Å². The van der Waals surface area contributed by atoms with Gasteiger partial charge in [0.2, 0.25) is 5.91 Å². The number of benzene rings is 1. The summed E-state index contributed by atoms with van der Waals surface area (Å²) < 4.78 is 1.67. The number of carbonyl (C=O) groups is 1. The van der Waals surface area contributed by atoms with Crippen molar-refractivity contribution in [2.45, 2.75) is 26.8 Å². The first kappa shape index (κ1) is 19.7. The molecule has 140 valence electrons. The van der Waals surface area contributed by atoms with Crippen LogP contribution >= 0.6 is 11.6 Å². The highest BCUT2D eigenvalue weighted by Gasteiger charge is 2.07. The van der Waals surface area contributed by atoms with Crippen molar-refractivity contribution in [3.8, 4) is 0 Å². The van der Waals surface area contributed by atoms with E-state index in [1.165, 1.54) is 6.33 Å². The summed E-state index contributed by atoms with van der Waals surface area (Å²) in [5.41, 5.74) is 1.58. The van der Waals surface area contributed by atoms with E-state index in [4.69, 9.17) is 11.6 Å². The van der Waals surface area contributed by atoms with E-state index in [1.54, 1.807) is 10.7 Å². The molecule has 1 amide bonds. The first-order chi connectivity index (χ1) is 12.5. The lowest BCUT2D eigenvalue weighted by Gasteiger charge is -2.12. The summed E-state index contributed by atoms with van der Waals surface area (Å²) in [7, 11) is 1.82. The van der Waals surface area contributed by atoms with E-state index < -0.39 is 0 Å². The number of aliphatic imine (C=N–C) groups is 1. The number of aromatic nitrogens is 3. The zero-order chi connectivity index (χ0) is 18.9. The number of anilines is 1. The van der Waals surface area contributed by atoms with Gasteiger partial charge >= 0.3 is 0 Å². The summed E-state index contributed by atoms with van der Waals surface area (Å²) in [5.74, 6) is 1.30. The maximum Gasteiger partial charge on any atom is 0.226 e. The molecule has 0 radical (unpaired) electrons. The van der Waals surface area contributed by atoms with Crippen LogP contribution in [0.3, 0.4) is 0 Å². The van der Waals surface area contributed by atoms with Crippen molar-refractivity contribution in [3.63, 3.8) is 0 Å². The molecule has 0 aliphatic carbocycles. The highest BCUT2D eigenvalue weighted by atomic mass is 35.5. The van der Waals surface area contributed by atoms with Gasteiger partial charge in [0.15, 0.2) is 5.96 Å². The quantitative estimate of drug-likeness (QED) is 0.505. The van der Waals surface area contributed by atoms with Gasteiger partial charge in [0.05, 0.1) is 0 Å². The lowest BCUT2D eigenvalue weighted by molar-refractivity contribution is -0.116. The summed E-state index contributed by atoms with van der Waals surface area (Å²) in [6, 6.07) is 5.44. The minimum atomic E-state index is -0.0907. The molecule has 0 atom stereocenters. The van der Waals surface area contributed by atoms with Crippen LogP contribution in [0.25, 0.3) is 0 Å². The van der Waals surface area contributed by atoms with Crippen LogP contribution in [-0.4, -0.2) is 39.7 Å². The molecule has 0 fully saturated rings. The Kier molecular flexibility index (Phi) is 7.40. The first-order valence-electron chi connectivity index (χ1n) is 8.41. The fourth-order valence-corrected chi connectivity index (χ4v) is 2.38. The van der Waals surface area contributed by atoms with Crippen LogP contribution in [0.2, 0.25) is 5.02 Å². The zero-order valence-electron chi connectivity index (χ0n) is 15.2. The van der Waals surface area contributed by atoms with Crippen molar-refractivity contribution in [2.75, 3.05) is 18.4 Å². The van der Waals surface area contributed by atoms with Crippen LogP contribution in [0, 0.1) is 6.92 Å². The number of aryl methyl sites for hydroxylation is 1. The lowest BCUT2D eigenvalue weighted by atomic mass is 10.2. The van der Waals surface area contributed by atoms with E-state index in [0.717, 1.165) is 23.6 Å². The SMILES string of the molecule is CCNC(=NCc1ncnn1C)NCCC(=O)Nc1cccc(Cl)c1C. The van der Waals surface area contributed by atoms with E-state index in [2.05, 4.69) is 31.0 Å². The van der Waals surface area contributed by atoms with Gasteiger partial charge in [0.1, 0.15) is 18.7 Å². The van der Waals surface area contributed by atoms with Crippen LogP contribution < -0.4 is 16.0 Å². The fraction of sp³-hybridized carbons (Fsp3) is 0.412. The van der Waals surface area contributed by atoms with E-state index in [-0.39, 0.29) is 5.91 Å². The molecule has 8 nitrogen and oxygen atoms in total. The van der Waals surface area contributed by atoms with Crippen molar-refractivity contribution in [1.29, 1.82) is 0 Å². The molecule has 0 unspecified atom stereocenters. The molecule has 2 rings (SSSR count). The second-order valence-electron chi connectivity index (χ2n) is 5.63. The Morgan fingerprint density at radius 3 is 2.85 bits per heavy atom. The molecule has 0 saturated heterocycles. The Morgan fingerprint density at radius 2 is 2.15 bits per heavy atom. The van der Waals surface area contributed by atoms with Gasteiger partial charge in [-0.2, -0.15) is 5.10 Å². The predicted molar refractivity (Wildman–Crippen MR) is 103 cm³/mol. The maximum absolute atomic E-state index is 12.1. The van der Waals surface area contributed by atoms with Gasteiger partial charge in [-0.3, -0.25) is 9.48 Å². The second-order valence-corrected chi connectivity index (χ2v) is 6.04. The normalized spacial score (nSPS) is 11.3. The minimum absolute atomic E-state index is 0.0907. The Bertz CT molecular complexity index is 772. The van der Waals surface area contributed by atoms with Gasteiger partial charge in [-0.25, -0.2) is 9.98 Å². The van der Waals surface area contributed by atoms with Gasteiger partial charge < -0.3 is 16.0 Å². The number of halogens is 1. The van der Waals surface area contributed by atoms with Crippen LogP contribution in [0.4, 0.5) is 5.69 Å². The third-order valence-corrected chi connectivity index (χ3v) is 4.12. The number of nitrogens with zero attached hydrogens (tertiary/aromatic N) is 4. The molecular weight excluding hydrogens is 354 g/mol. The zero-order valence-corrected chi connectivity index (χ0v) is 16.0. The number of guanidine groups is 1. The molecule has 1 aromatic heterocycles. The smallest absolute Gasteiger partial charge is 0.226 e. The largest absolute Gasteiger partial charge is 0.357 e. The second kappa shape index (κ2) is 9.76. The number of rotatable bonds is 7. The molecule has 0 bridgehead atoms. The summed E-state index contributed by atoms with van der Waals surface area (Å²) >= 11 is 6.07. The Hall–Kier alpha value is -2.61. The van der Waals surface area contributed by atoms with Crippen LogP contribution in [0.5, 0.6) is 0 Å². The number of hydrogen-bond donors (Lipinski definition) is 3.